The van der Waals surface area contributed by atoms with Crippen molar-refractivity contribution in [1.29, 1.82) is 0 Å². The van der Waals surface area contributed by atoms with Gasteiger partial charge < -0.3 is 9.80 Å². The van der Waals surface area contributed by atoms with E-state index in [-0.39, 0.29) is 24.2 Å². The third-order valence-electron chi connectivity index (χ3n) is 6.11. The summed E-state index contributed by atoms with van der Waals surface area (Å²) in [6.07, 6.45) is 6.32. The van der Waals surface area contributed by atoms with Crippen LogP contribution in [-0.4, -0.2) is 73.3 Å². The summed E-state index contributed by atoms with van der Waals surface area (Å²) in [5.74, 6) is -0.437. The summed E-state index contributed by atoms with van der Waals surface area (Å²) in [5.41, 5.74) is 1.94. The number of hydrogen-bond donors (Lipinski definition) is 0. The van der Waals surface area contributed by atoms with Crippen molar-refractivity contribution in [2.45, 2.75) is 4.90 Å². The van der Waals surface area contributed by atoms with Gasteiger partial charge in [-0.05, 0) is 18.2 Å². The smallest absolute Gasteiger partial charge is 0.254 e. The predicted molar refractivity (Wildman–Crippen MR) is 130 cm³/mol. The van der Waals surface area contributed by atoms with Gasteiger partial charge in [0.15, 0.2) is 0 Å². The summed E-state index contributed by atoms with van der Waals surface area (Å²) in [6.45, 7) is 0.953. The van der Waals surface area contributed by atoms with E-state index in [4.69, 9.17) is 0 Å². The molecule has 10 heteroatoms. The zero-order valence-corrected chi connectivity index (χ0v) is 20.0. The fraction of sp³-hybridized carbons (Fsp3) is 0.200. The third kappa shape index (κ3) is 4.21. The molecule has 0 aliphatic carbocycles. The van der Waals surface area contributed by atoms with Crippen LogP contribution in [0.5, 0.6) is 0 Å². The molecular weight excluding hydrogens is 469 g/mol. The van der Waals surface area contributed by atoms with Gasteiger partial charge >= 0.3 is 0 Å². The van der Waals surface area contributed by atoms with Crippen molar-refractivity contribution in [1.82, 2.24) is 24.3 Å². The summed E-state index contributed by atoms with van der Waals surface area (Å²) >= 11 is 0. The summed E-state index contributed by atoms with van der Waals surface area (Å²) in [4.78, 5) is 37.7. The molecule has 5 rings (SSSR count). The number of piperazine rings is 1. The van der Waals surface area contributed by atoms with Crippen molar-refractivity contribution >= 4 is 33.5 Å². The summed E-state index contributed by atoms with van der Waals surface area (Å²) < 4.78 is 28.2. The number of hydrogen-bond acceptors (Lipinski definition) is 5. The molecule has 0 saturated carbocycles. The van der Waals surface area contributed by atoms with Gasteiger partial charge in [0, 0.05) is 67.1 Å². The zero-order valence-electron chi connectivity index (χ0n) is 19.1. The lowest BCUT2D eigenvalue weighted by Crippen LogP contribution is -2.50. The largest absolute Gasteiger partial charge is 0.342 e. The van der Waals surface area contributed by atoms with E-state index in [1.54, 1.807) is 65.4 Å². The molecule has 0 N–H and O–H groups in total. The summed E-state index contributed by atoms with van der Waals surface area (Å²) in [7, 11) is 0.420. The van der Waals surface area contributed by atoms with Crippen LogP contribution in [0.1, 0.15) is 10.4 Å². The average Bonchev–Trinajstić information content (AvgIpc) is 3.25. The number of carbonyl (C=O) groups is 2. The van der Waals surface area contributed by atoms with Gasteiger partial charge in [0.1, 0.15) is 12.4 Å². The maximum absolute atomic E-state index is 14.2. The number of rotatable bonds is 4. The Morgan fingerprint density at radius 1 is 1.09 bits per heavy atom. The van der Waals surface area contributed by atoms with Crippen LogP contribution in [0.25, 0.3) is 28.0 Å². The minimum Gasteiger partial charge on any atom is -0.342 e. The Hall–Kier alpha value is -3.92. The lowest BCUT2D eigenvalue weighted by molar-refractivity contribution is -0.133. The molecule has 2 aromatic carbocycles. The Kier molecular flexibility index (Phi) is 5.89. The van der Waals surface area contributed by atoms with E-state index in [1.807, 2.05) is 0 Å². The number of fused-ring (bicyclic) bond motifs is 1. The number of aromatic nitrogens is 3. The van der Waals surface area contributed by atoms with E-state index in [0.29, 0.717) is 51.5 Å². The first-order chi connectivity index (χ1) is 16.8. The molecule has 3 heterocycles. The minimum absolute atomic E-state index is 0.0270. The van der Waals surface area contributed by atoms with Gasteiger partial charge in [0.2, 0.25) is 11.9 Å². The number of halogens is 1. The van der Waals surface area contributed by atoms with Crippen LogP contribution in [0.2, 0.25) is 0 Å². The van der Waals surface area contributed by atoms with Gasteiger partial charge in [0.05, 0.1) is 21.2 Å². The standard InChI is InChI=1S/C25H22FN5O3S/c1-29-9-10-30(15-23(29)32)24(33)16-7-8-19-21(11-16)31(14-22(19)35(2)34)25-27-12-17(13-28-25)18-5-3-4-6-20(18)26/h3-8,11-14H,9-10,15H2,1-2H3. The first-order valence-corrected chi connectivity index (χ1v) is 12.5. The monoisotopic (exact) mass is 491 g/mol. The highest BCUT2D eigenvalue weighted by atomic mass is 32.2. The average molecular weight is 492 g/mol. The first-order valence-electron chi connectivity index (χ1n) is 10.9. The highest BCUT2D eigenvalue weighted by molar-refractivity contribution is 7.84. The van der Waals surface area contributed by atoms with Crippen molar-refractivity contribution in [3.63, 3.8) is 0 Å². The molecule has 0 spiro atoms. The van der Waals surface area contributed by atoms with Crippen molar-refractivity contribution in [2.75, 3.05) is 32.9 Å². The molecule has 0 radical (unpaired) electrons. The Labute approximate surface area is 203 Å². The van der Waals surface area contributed by atoms with Crippen molar-refractivity contribution in [3.8, 4) is 17.1 Å². The van der Waals surface area contributed by atoms with Crippen LogP contribution in [-0.2, 0) is 15.6 Å². The molecule has 8 nitrogen and oxygen atoms in total. The molecule has 2 amide bonds. The molecule has 1 fully saturated rings. The zero-order chi connectivity index (χ0) is 24.7. The number of carbonyl (C=O) groups excluding carboxylic acids is 2. The quantitative estimate of drug-likeness (QED) is 0.438. The van der Waals surface area contributed by atoms with Gasteiger partial charge in [0.25, 0.3) is 5.91 Å². The molecule has 1 saturated heterocycles. The third-order valence-corrected chi connectivity index (χ3v) is 7.05. The normalized spacial score (nSPS) is 15.0. The van der Waals surface area contributed by atoms with Gasteiger partial charge in [-0.3, -0.25) is 18.4 Å². The highest BCUT2D eigenvalue weighted by Crippen LogP contribution is 2.28. The van der Waals surface area contributed by atoms with E-state index in [2.05, 4.69) is 9.97 Å². The Balaban J connectivity index is 1.55. The van der Waals surface area contributed by atoms with Crippen LogP contribution in [0.4, 0.5) is 4.39 Å². The molecular formula is C25H22FN5O3S. The number of likely N-dealkylation sites (N-methyl/N-ethyl adjacent to an activating group) is 1. The fourth-order valence-corrected chi connectivity index (χ4v) is 4.85. The van der Waals surface area contributed by atoms with Crippen LogP contribution in [0.3, 0.4) is 0 Å². The predicted octanol–water partition coefficient (Wildman–Crippen LogP) is 2.88. The van der Waals surface area contributed by atoms with Gasteiger partial charge in [-0.2, -0.15) is 0 Å². The lowest BCUT2D eigenvalue weighted by Gasteiger charge is -2.32. The number of nitrogens with zero attached hydrogens (tertiary/aromatic N) is 5. The molecule has 4 aromatic rings. The summed E-state index contributed by atoms with van der Waals surface area (Å²) in [5, 5.41) is 0.707. The van der Waals surface area contributed by atoms with Crippen molar-refractivity contribution in [3.05, 3.63) is 72.4 Å². The molecule has 1 unspecified atom stereocenters. The summed E-state index contributed by atoms with van der Waals surface area (Å²) in [6, 6.07) is 11.5. The first kappa shape index (κ1) is 22.9. The molecule has 0 bridgehead atoms. The van der Waals surface area contributed by atoms with E-state index < -0.39 is 10.8 Å². The molecule has 178 valence electrons. The Bertz CT molecular complexity index is 1480. The van der Waals surface area contributed by atoms with Crippen molar-refractivity contribution in [2.24, 2.45) is 0 Å². The van der Waals surface area contributed by atoms with Gasteiger partial charge in [-0.25, -0.2) is 14.4 Å². The van der Waals surface area contributed by atoms with E-state index >= 15 is 0 Å². The van der Waals surface area contributed by atoms with Gasteiger partial charge in [-0.1, -0.05) is 24.3 Å². The molecule has 1 atom stereocenters. The van der Waals surface area contributed by atoms with E-state index in [1.165, 1.54) is 23.4 Å². The maximum atomic E-state index is 14.2. The molecule has 2 aromatic heterocycles. The van der Waals surface area contributed by atoms with E-state index in [9.17, 15) is 18.2 Å². The SMILES string of the molecule is CN1CCN(C(=O)c2ccc3c(S(C)=O)cn(-c4ncc(-c5ccccc5F)cn4)c3c2)CC1=O. The molecule has 35 heavy (non-hydrogen) atoms. The lowest BCUT2D eigenvalue weighted by atomic mass is 10.1. The highest BCUT2D eigenvalue weighted by Gasteiger charge is 2.26. The Morgan fingerprint density at radius 3 is 2.51 bits per heavy atom. The maximum Gasteiger partial charge on any atom is 0.254 e. The Morgan fingerprint density at radius 2 is 1.83 bits per heavy atom. The van der Waals surface area contributed by atoms with Gasteiger partial charge in [-0.15, -0.1) is 0 Å². The van der Waals surface area contributed by atoms with Crippen LogP contribution in [0.15, 0.2) is 66.0 Å². The number of amides is 2. The van der Waals surface area contributed by atoms with Crippen LogP contribution >= 0.6 is 0 Å². The molecule has 1 aliphatic heterocycles. The van der Waals surface area contributed by atoms with E-state index in [0.717, 1.165) is 0 Å². The fourth-order valence-electron chi connectivity index (χ4n) is 4.12. The molecule has 1 aliphatic rings. The van der Waals surface area contributed by atoms with Crippen LogP contribution in [0, 0.1) is 5.82 Å². The second-order valence-corrected chi connectivity index (χ2v) is 9.69. The topological polar surface area (TPSA) is 88.4 Å². The second kappa shape index (κ2) is 9.03. The van der Waals surface area contributed by atoms with Crippen LogP contribution < -0.4 is 0 Å². The minimum atomic E-state index is -1.30. The number of benzene rings is 2. The van der Waals surface area contributed by atoms with Crippen molar-refractivity contribution < 1.29 is 18.2 Å². The second-order valence-electron chi connectivity index (χ2n) is 8.34.